The van der Waals surface area contributed by atoms with Crippen molar-refractivity contribution in [2.24, 2.45) is 5.92 Å². The highest BCUT2D eigenvalue weighted by Gasteiger charge is 2.31. The van der Waals surface area contributed by atoms with Crippen LogP contribution in [0.4, 0.5) is 4.79 Å². The van der Waals surface area contributed by atoms with Crippen LogP contribution in [0.5, 0.6) is 0 Å². The molecule has 5 nitrogen and oxygen atoms in total. The lowest BCUT2D eigenvalue weighted by Crippen LogP contribution is -2.46. The third-order valence-electron chi connectivity index (χ3n) is 5.15. The maximum Gasteiger partial charge on any atom is 0.410 e. The minimum absolute atomic E-state index is 0.0502. The van der Waals surface area contributed by atoms with Crippen LogP contribution in [-0.4, -0.2) is 43.3 Å². The van der Waals surface area contributed by atoms with Crippen molar-refractivity contribution in [3.05, 3.63) is 12.7 Å². The van der Waals surface area contributed by atoms with Crippen LogP contribution in [0.15, 0.2) is 12.7 Å². The molecule has 0 aliphatic heterocycles. The minimum atomic E-state index is -0.635. The van der Waals surface area contributed by atoms with Crippen molar-refractivity contribution in [3.63, 3.8) is 0 Å². The second-order valence-corrected chi connectivity index (χ2v) is 8.22. The highest BCUT2D eigenvalue weighted by atomic mass is 16.6. The molecule has 0 bridgehead atoms. The molecule has 0 aliphatic rings. The Labute approximate surface area is 179 Å². The first kappa shape index (κ1) is 27.5. The molecular weight excluding hydrogens is 366 g/mol. The van der Waals surface area contributed by atoms with Gasteiger partial charge >= 0.3 is 12.1 Å². The van der Waals surface area contributed by atoms with Crippen LogP contribution in [0.25, 0.3) is 0 Å². The third-order valence-corrected chi connectivity index (χ3v) is 5.15. The Kier molecular flexibility index (Phi) is 17.5. The second kappa shape index (κ2) is 18.5. The number of amides is 1. The van der Waals surface area contributed by atoms with Gasteiger partial charge in [0.2, 0.25) is 0 Å². The predicted molar refractivity (Wildman–Crippen MR) is 120 cm³/mol. The summed E-state index contributed by atoms with van der Waals surface area (Å²) < 4.78 is 10.4. The summed E-state index contributed by atoms with van der Waals surface area (Å²) in [5, 5.41) is 0. The van der Waals surface area contributed by atoms with Crippen LogP contribution in [0.3, 0.4) is 0 Å². The highest BCUT2D eigenvalue weighted by Crippen LogP contribution is 2.14. The smallest absolute Gasteiger partial charge is 0.410 e. The van der Waals surface area contributed by atoms with E-state index in [1.54, 1.807) is 7.05 Å². The van der Waals surface area contributed by atoms with E-state index in [1.165, 1.54) is 75.2 Å². The van der Waals surface area contributed by atoms with Crippen LogP contribution < -0.4 is 0 Å². The summed E-state index contributed by atoms with van der Waals surface area (Å²) in [7, 11) is 1.57. The van der Waals surface area contributed by atoms with Crippen molar-refractivity contribution < 1.29 is 19.1 Å². The SMILES string of the molecule is C=CCOC(=O)N(C)C(C(=O)OCCCCCCCCCCCCCC)C(C)C. The monoisotopic (exact) mass is 411 g/mol. The average Bonchev–Trinajstić information content (AvgIpc) is 2.69. The van der Waals surface area contributed by atoms with Gasteiger partial charge in [0, 0.05) is 7.05 Å². The van der Waals surface area contributed by atoms with Crippen molar-refractivity contribution >= 4 is 12.1 Å². The Balaban J connectivity index is 3.84. The van der Waals surface area contributed by atoms with Gasteiger partial charge in [-0.2, -0.15) is 0 Å². The van der Waals surface area contributed by atoms with Crippen molar-refractivity contribution in [1.29, 1.82) is 0 Å². The summed E-state index contributed by atoms with van der Waals surface area (Å²) in [5.74, 6) is -0.410. The number of ether oxygens (including phenoxy) is 2. The summed E-state index contributed by atoms with van der Waals surface area (Å²) in [6.07, 6.45) is 16.2. The van der Waals surface area contributed by atoms with E-state index >= 15 is 0 Å². The molecule has 0 saturated carbocycles. The van der Waals surface area contributed by atoms with Gasteiger partial charge in [0.15, 0.2) is 0 Å². The number of hydrogen-bond donors (Lipinski definition) is 0. The topological polar surface area (TPSA) is 55.8 Å². The molecule has 170 valence electrons. The van der Waals surface area contributed by atoms with E-state index < -0.39 is 12.1 Å². The summed E-state index contributed by atoms with van der Waals surface area (Å²) in [4.78, 5) is 25.7. The van der Waals surface area contributed by atoms with Gasteiger partial charge in [-0.25, -0.2) is 9.59 Å². The Morgan fingerprint density at radius 1 is 0.862 bits per heavy atom. The zero-order valence-electron chi connectivity index (χ0n) is 19.4. The number of hydrogen-bond acceptors (Lipinski definition) is 4. The first-order chi connectivity index (χ1) is 14.0. The Bertz CT molecular complexity index is 437. The van der Waals surface area contributed by atoms with E-state index in [4.69, 9.17) is 9.47 Å². The molecule has 0 N–H and O–H groups in total. The van der Waals surface area contributed by atoms with Crippen LogP contribution in [0.2, 0.25) is 0 Å². The van der Waals surface area contributed by atoms with Gasteiger partial charge in [-0.1, -0.05) is 104 Å². The lowest BCUT2D eigenvalue weighted by molar-refractivity contribution is -0.150. The molecule has 0 heterocycles. The van der Waals surface area contributed by atoms with Crippen molar-refractivity contribution in [1.82, 2.24) is 4.90 Å². The molecule has 0 fully saturated rings. The van der Waals surface area contributed by atoms with Crippen molar-refractivity contribution in [2.45, 2.75) is 104 Å². The number of esters is 1. The quantitative estimate of drug-likeness (QED) is 0.146. The van der Waals surface area contributed by atoms with Gasteiger partial charge in [0.05, 0.1) is 6.61 Å². The normalized spacial score (nSPS) is 11.9. The van der Waals surface area contributed by atoms with Gasteiger partial charge in [0.1, 0.15) is 12.6 Å². The first-order valence-corrected chi connectivity index (χ1v) is 11.6. The molecule has 1 atom stereocenters. The predicted octanol–water partition coefficient (Wildman–Crippen LogP) is 6.51. The number of carbonyl (C=O) groups excluding carboxylic acids is 2. The van der Waals surface area contributed by atoms with Gasteiger partial charge in [-0.3, -0.25) is 4.90 Å². The molecule has 0 aromatic rings. The number of likely N-dealkylation sites (N-methyl/N-ethyl adjacent to an activating group) is 1. The zero-order valence-corrected chi connectivity index (χ0v) is 19.4. The fourth-order valence-corrected chi connectivity index (χ4v) is 3.42. The second-order valence-electron chi connectivity index (χ2n) is 8.22. The van der Waals surface area contributed by atoms with Crippen LogP contribution in [-0.2, 0) is 14.3 Å². The summed E-state index contributed by atoms with van der Waals surface area (Å²) in [6, 6.07) is -0.635. The molecule has 0 aliphatic carbocycles. The Morgan fingerprint density at radius 2 is 1.34 bits per heavy atom. The number of carbonyl (C=O) groups is 2. The summed E-state index contributed by atoms with van der Waals surface area (Å²) in [6.45, 7) is 10.1. The molecule has 0 rings (SSSR count). The molecule has 1 amide bonds. The molecule has 0 saturated heterocycles. The number of unbranched alkanes of at least 4 members (excludes halogenated alkanes) is 11. The number of nitrogens with zero attached hydrogens (tertiary/aromatic N) is 1. The number of rotatable bonds is 18. The highest BCUT2D eigenvalue weighted by molar-refractivity contribution is 5.81. The molecule has 1 unspecified atom stereocenters. The van der Waals surface area contributed by atoms with Gasteiger partial charge in [-0.05, 0) is 12.3 Å². The van der Waals surface area contributed by atoms with Crippen LogP contribution in [0, 0.1) is 5.92 Å². The van der Waals surface area contributed by atoms with E-state index in [2.05, 4.69) is 13.5 Å². The standard InChI is InChI=1S/C24H45NO4/c1-6-8-9-10-11-12-13-14-15-16-17-18-20-28-23(26)22(21(3)4)25(5)24(27)29-19-7-2/h7,21-22H,2,6,8-20H2,1,3-5H3. The van der Waals surface area contributed by atoms with Crippen molar-refractivity contribution in [2.75, 3.05) is 20.3 Å². The maximum absolute atomic E-state index is 12.4. The van der Waals surface area contributed by atoms with Crippen LogP contribution in [0.1, 0.15) is 97.8 Å². The summed E-state index contributed by atoms with van der Waals surface area (Å²) in [5.41, 5.74) is 0. The van der Waals surface area contributed by atoms with Crippen molar-refractivity contribution in [3.8, 4) is 0 Å². The van der Waals surface area contributed by atoms with E-state index in [9.17, 15) is 9.59 Å². The van der Waals surface area contributed by atoms with Gasteiger partial charge in [0.25, 0.3) is 0 Å². The third kappa shape index (κ3) is 14.2. The summed E-state index contributed by atoms with van der Waals surface area (Å²) >= 11 is 0. The molecule has 29 heavy (non-hydrogen) atoms. The van der Waals surface area contributed by atoms with E-state index in [0.29, 0.717) is 6.61 Å². The van der Waals surface area contributed by atoms with Gasteiger partial charge < -0.3 is 9.47 Å². The molecule has 5 heteroatoms. The van der Waals surface area contributed by atoms with Crippen LogP contribution >= 0.6 is 0 Å². The Morgan fingerprint density at radius 3 is 1.79 bits per heavy atom. The molecule has 0 aromatic heterocycles. The minimum Gasteiger partial charge on any atom is -0.464 e. The molecular formula is C24H45NO4. The van der Waals surface area contributed by atoms with E-state index in [-0.39, 0.29) is 18.5 Å². The van der Waals surface area contributed by atoms with Gasteiger partial charge in [-0.15, -0.1) is 0 Å². The fourth-order valence-electron chi connectivity index (χ4n) is 3.42. The molecule has 0 aromatic carbocycles. The molecule has 0 spiro atoms. The fraction of sp³-hybridized carbons (Fsp3) is 0.833. The van der Waals surface area contributed by atoms with E-state index in [1.807, 2.05) is 13.8 Å². The maximum atomic E-state index is 12.4. The molecule has 0 radical (unpaired) electrons. The van der Waals surface area contributed by atoms with E-state index in [0.717, 1.165) is 12.8 Å². The lowest BCUT2D eigenvalue weighted by Gasteiger charge is -2.28. The average molecular weight is 412 g/mol. The largest absolute Gasteiger partial charge is 0.464 e. The first-order valence-electron chi connectivity index (χ1n) is 11.6. The zero-order chi connectivity index (χ0) is 21.9. The Hall–Kier alpha value is -1.52. The lowest BCUT2D eigenvalue weighted by atomic mass is 10.0.